The summed E-state index contributed by atoms with van der Waals surface area (Å²) in [4.78, 5) is 0. The van der Waals surface area contributed by atoms with Crippen LogP contribution in [0.5, 0.6) is 0 Å². The van der Waals surface area contributed by atoms with Crippen molar-refractivity contribution in [2.75, 3.05) is 0 Å². The zero-order chi connectivity index (χ0) is 9.97. The zero-order valence-corrected chi connectivity index (χ0v) is 9.61. The summed E-state index contributed by atoms with van der Waals surface area (Å²) >= 11 is 12.0. The molecule has 76 valence electrons. The number of hydrogen-bond donors (Lipinski definition) is 0. The Morgan fingerprint density at radius 2 is 1.71 bits per heavy atom. The van der Waals surface area contributed by atoms with Crippen LogP contribution in [0.15, 0.2) is 18.2 Å². The van der Waals surface area contributed by atoms with E-state index in [0.717, 1.165) is 10.0 Å². The van der Waals surface area contributed by atoms with Crippen molar-refractivity contribution in [1.82, 2.24) is 0 Å². The van der Waals surface area contributed by atoms with Crippen molar-refractivity contribution >= 4 is 23.2 Å². The van der Waals surface area contributed by atoms with Crippen LogP contribution in [-0.2, 0) is 0 Å². The van der Waals surface area contributed by atoms with E-state index in [9.17, 15) is 0 Å². The molecule has 0 saturated heterocycles. The first-order chi connectivity index (χ1) is 6.77. The van der Waals surface area contributed by atoms with Crippen LogP contribution in [0, 0.1) is 0 Å². The van der Waals surface area contributed by atoms with Gasteiger partial charge >= 0.3 is 0 Å². The standard InChI is InChI=1S/C12H14Cl2/c13-10-6-7-11(12(14)8-10)9-4-2-1-3-5-9/h6-9H,1-5H2. The molecule has 0 atom stereocenters. The zero-order valence-electron chi connectivity index (χ0n) is 8.10. The van der Waals surface area contributed by atoms with E-state index in [1.165, 1.54) is 37.7 Å². The van der Waals surface area contributed by atoms with Crippen molar-refractivity contribution in [3.05, 3.63) is 33.8 Å². The van der Waals surface area contributed by atoms with E-state index in [2.05, 4.69) is 6.07 Å². The van der Waals surface area contributed by atoms with Gasteiger partial charge in [0.15, 0.2) is 0 Å². The van der Waals surface area contributed by atoms with Crippen LogP contribution < -0.4 is 0 Å². The van der Waals surface area contributed by atoms with Gasteiger partial charge in [0.2, 0.25) is 0 Å². The van der Waals surface area contributed by atoms with Gasteiger partial charge in [-0.1, -0.05) is 48.5 Å². The number of hydrogen-bond acceptors (Lipinski definition) is 0. The van der Waals surface area contributed by atoms with Gasteiger partial charge in [-0.15, -0.1) is 0 Å². The summed E-state index contributed by atoms with van der Waals surface area (Å²) in [6.45, 7) is 0. The molecule has 1 aromatic carbocycles. The number of halogens is 2. The second-order valence-electron chi connectivity index (χ2n) is 4.00. The third-order valence-electron chi connectivity index (χ3n) is 3.01. The molecule has 1 aliphatic carbocycles. The first-order valence-electron chi connectivity index (χ1n) is 5.22. The Bertz CT molecular complexity index is 314. The summed E-state index contributed by atoms with van der Waals surface area (Å²) in [5.41, 5.74) is 1.29. The summed E-state index contributed by atoms with van der Waals surface area (Å²) < 4.78 is 0. The molecule has 0 aliphatic heterocycles. The molecular weight excluding hydrogens is 215 g/mol. The highest BCUT2D eigenvalue weighted by Crippen LogP contribution is 2.36. The summed E-state index contributed by atoms with van der Waals surface area (Å²) in [7, 11) is 0. The molecule has 0 bridgehead atoms. The molecule has 0 radical (unpaired) electrons. The van der Waals surface area contributed by atoms with Crippen LogP contribution in [0.1, 0.15) is 43.6 Å². The Balaban J connectivity index is 2.22. The highest BCUT2D eigenvalue weighted by molar-refractivity contribution is 6.35. The quantitative estimate of drug-likeness (QED) is 0.632. The van der Waals surface area contributed by atoms with E-state index >= 15 is 0 Å². The van der Waals surface area contributed by atoms with Gasteiger partial charge in [-0.05, 0) is 36.5 Å². The van der Waals surface area contributed by atoms with Crippen molar-refractivity contribution in [2.45, 2.75) is 38.0 Å². The molecule has 1 aromatic rings. The van der Waals surface area contributed by atoms with Crippen LogP contribution in [0.25, 0.3) is 0 Å². The lowest BCUT2D eigenvalue weighted by atomic mass is 9.84. The van der Waals surface area contributed by atoms with Gasteiger partial charge in [0.25, 0.3) is 0 Å². The summed E-state index contributed by atoms with van der Waals surface area (Å²) in [5, 5.41) is 1.57. The third kappa shape index (κ3) is 2.24. The van der Waals surface area contributed by atoms with Crippen LogP contribution in [0.4, 0.5) is 0 Å². The smallest absolute Gasteiger partial charge is 0.0455 e. The van der Waals surface area contributed by atoms with E-state index in [1.807, 2.05) is 12.1 Å². The van der Waals surface area contributed by atoms with Crippen molar-refractivity contribution in [3.63, 3.8) is 0 Å². The second-order valence-corrected chi connectivity index (χ2v) is 4.84. The lowest BCUT2D eigenvalue weighted by molar-refractivity contribution is 0.444. The molecule has 0 unspecified atom stereocenters. The van der Waals surface area contributed by atoms with Gasteiger partial charge < -0.3 is 0 Å². The molecule has 1 fully saturated rings. The number of benzene rings is 1. The first kappa shape index (κ1) is 10.3. The lowest BCUT2D eigenvalue weighted by Crippen LogP contribution is -2.04. The minimum Gasteiger partial charge on any atom is -0.0843 e. The SMILES string of the molecule is Clc1ccc(C2CCCCC2)c(Cl)c1. The molecule has 14 heavy (non-hydrogen) atoms. The molecule has 2 rings (SSSR count). The van der Waals surface area contributed by atoms with Crippen LogP contribution >= 0.6 is 23.2 Å². The monoisotopic (exact) mass is 228 g/mol. The van der Waals surface area contributed by atoms with Gasteiger partial charge in [0, 0.05) is 10.0 Å². The van der Waals surface area contributed by atoms with Crippen LogP contribution in [0.3, 0.4) is 0 Å². The van der Waals surface area contributed by atoms with Crippen molar-refractivity contribution in [1.29, 1.82) is 0 Å². The highest BCUT2D eigenvalue weighted by atomic mass is 35.5. The van der Waals surface area contributed by atoms with Gasteiger partial charge in [-0.3, -0.25) is 0 Å². The molecule has 1 saturated carbocycles. The predicted octanol–water partition coefficient (Wildman–Crippen LogP) is 5.04. The average molecular weight is 229 g/mol. The lowest BCUT2D eigenvalue weighted by Gasteiger charge is -2.22. The van der Waals surface area contributed by atoms with Gasteiger partial charge in [-0.2, -0.15) is 0 Å². The minimum atomic E-state index is 0.661. The highest BCUT2D eigenvalue weighted by Gasteiger charge is 2.17. The van der Waals surface area contributed by atoms with Crippen LogP contribution in [-0.4, -0.2) is 0 Å². The molecule has 0 aromatic heterocycles. The van der Waals surface area contributed by atoms with Crippen molar-refractivity contribution in [2.24, 2.45) is 0 Å². The van der Waals surface area contributed by atoms with Gasteiger partial charge in [0.05, 0.1) is 0 Å². The fourth-order valence-corrected chi connectivity index (χ4v) is 2.81. The van der Waals surface area contributed by atoms with E-state index in [1.54, 1.807) is 0 Å². The van der Waals surface area contributed by atoms with E-state index < -0.39 is 0 Å². The fourth-order valence-electron chi connectivity index (χ4n) is 2.25. The summed E-state index contributed by atoms with van der Waals surface area (Å²) in [5.74, 6) is 0.661. The fraction of sp³-hybridized carbons (Fsp3) is 0.500. The minimum absolute atomic E-state index is 0.661. The Labute approximate surface area is 95.2 Å². The maximum absolute atomic E-state index is 6.18. The topological polar surface area (TPSA) is 0 Å². The normalized spacial score (nSPS) is 18.4. The Hall–Kier alpha value is -0.200. The van der Waals surface area contributed by atoms with E-state index in [4.69, 9.17) is 23.2 Å². The van der Waals surface area contributed by atoms with E-state index in [0.29, 0.717) is 5.92 Å². The average Bonchev–Trinajstić information content (AvgIpc) is 2.19. The first-order valence-corrected chi connectivity index (χ1v) is 5.98. The van der Waals surface area contributed by atoms with Gasteiger partial charge in [-0.25, -0.2) is 0 Å². The van der Waals surface area contributed by atoms with Crippen molar-refractivity contribution in [3.8, 4) is 0 Å². The van der Waals surface area contributed by atoms with Crippen LogP contribution in [0.2, 0.25) is 10.0 Å². The van der Waals surface area contributed by atoms with Gasteiger partial charge in [0.1, 0.15) is 0 Å². The number of rotatable bonds is 1. The molecule has 1 aliphatic rings. The molecule has 0 N–H and O–H groups in total. The molecule has 0 nitrogen and oxygen atoms in total. The summed E-state index contributed by atoms with van der Waals surface area (Å²) in [6, 6.07) is 5.88. The maximum Gasteiger partial charge on any atom is 0.0455 e. The molecular formula is C12H14Cl2. The largest absolute Gasteiger partial charge is 0.0843 e. The molecule has 2 heteroatoms. The second kappa shape index (κ2) is 4.55. The van der Waals surface area contributed by atoms with E-state index in [-0.39, 0.29) is 0 Å². The molecule has 0 amide bonds. The third-order valence-corrected chi connectivity index (χ3v) is 3.57. The Morgan fingerprint density at radius 3 is 2.36 bits per heavy atom. The summed E-state index contributed by atoms with van der Waals surface area (Å²) in [6.07, 6.45) is 6.61. The molecule has 0 heterocycles. The van der Waals surface area contributed by atoms with Crippen molar-refractivity contribution < 1.29 is 0 Å². The maximum atomic E-state index is 6.18. The Kier molecular flexibility index (Phi) is 3.35. The Morgan fingerprint density at radius 1 is 1.00 bits per heavy atom. The predicted molar refractivity (Wildman–Crippen MR) is 62.3 cm³/mol. The molecule has 0 spiro atoms.